The summed E-state index contributed by atoms with van der Waals surface area (Å²) in [6.45, 7) is 5.22. The van der Waals surface area contributed by atoms with E-state index in [1.54, 1.807) is 42.8 Å². The third-order valence-electron chi connectivity index (χ3n) is 5.21. The molecule has 0 bridgehead atoms. The minimum absolute atomic E-state index is 0.266. The largest absolute Gasteiger partial charge is 0.384 e. The first kappa shape index (κ1) is 24.0. The van der Waals surface area contributed by atoms with Gasteiger partial charge in [0, 0.05) is 11.1 Å². The molecule has 2 heterocycles. The number of sulfone groups is 1. The summed E-state index contributed by atoms with van der Waals surface area (Å²) in [6.07, 6.45) is 1.19. The SMILES string of the molecule is Cc1ccc(Cl)c(-n2nc(C(C)(C)O)cc2-c2ccc(-c3cccc(S(C)(=O)=O)c3)s2)c1Cl. The van der Waals surface area contributed by atoms with Crippen LogP contribution in [0.25, 0.3) is 26.7 Å². The van der Waals surface area contributed by atoms with Crippen LogP contribution in [0.4, 0.5) is 0 Å². The van der Waals surface area contributed by atoms with Crippen molar-refractivity contribution in [2.75, 3.05) is 6.26 Å². The smallest absolute Gasteiger partial charge is 0.175 e. The van der Waals surface area contributed by atoms with Crippen LogP contribution < -0.4 is 0 Å². The van der Waals surface area contributed by atoms with E-state index in [1.807, 2.05) is 37.3 Å². The molecule has 1 N–H and O–H groups in total. The van der Waals surface area contributed by atoms with Crippen molar-refractivity contribution in [3.05, 3.63) is 75.9 Å². The lowest BCUT2D eigenvalue weighted by atomic mass is 10.1. The minimum atomic E-state index is -3.31. The Hall–Kier alpha value is -2.16. The molecule has 0 spiro atoms. The van der Waals surface area contributed by atoms with E-state index >= 15 is 0 Å². The fraction of sp³-hybridized carbons (Fsp3) is 0.208. The van der Waals surface area contributed by atoms with Gasteiger partial charge in [0.25, 0.3) is 0 Å². The van der Waals surface area contributed by atoms with E-state index < -0.39 is 15.4 Å². The van der Waals surface area contributed by atoms with E-state index in [0.717, 1.165) is 26.6 Å². The Balaban J connectivity index is 1.89. The van der Waals surface area contributed by atoms with Crippen molar-refractivity contribution in [3.63, 3.8) is 0 Å². The minimum Gasteiger partial charge on any atom is -0.384 e. The van der Waals surface area contributed by atoms with Crippen molar-refractivity contribution in [2.45, 2.75) is 31.3 Å². The second-order valence-corrected chi connectivity index (χ2v) is 12.3. The van der Waals surface area contributed by atoms with Crippen LogP contribution in [0.5, 0.6) is 0 Å². The third-order valence-corrected chi connectivity index (χ3v) is 8.26. The van der Waals surface area contributed by atoms with E-state index in [4.69, 9.17) is 23.2 Å². The molecule has 2 aromatic heterocycles. The van der Waals surface area contributed by atoms with Gasteiger partial charge in [-0.05, 0) is 68.3 Å². The first-order chi connectivity index (χ1) is 15.4. The predicted molar refractivity (Wildman–Crippen MR) is 135 cm³/mol. The van der Waals surface area contributed by atoms with E-state index in [0.29, 0.717) is 21.4 Å². The van der Waals surface area contributed by atoms with Crippen LogP contribution in [0.3, 0.4) is 0 Å². The lowest BCUT2D eigenvalue weighted by Crippen LogP contribution is -2.16. The average Bonchev–Trinajstić information content (AvgIpc) is 3.38. The maximum Gasteiger partial charge on any atom is 0.175 e. The van der Waals surface area contributed by atoms with Crippen LogP contribution in [0.1, 0.15) is 25.1 Å². The fourth-order valence-corrected chi connectivity index (χ4v) is 5.57. The number of hydrogen-bond donors (Lipinski definition) is 1. The van der Waals surface area contributed by atoms with Gasteiger partial charge >= 0.3 is 0 Å². The molecule has 0 unspecified atom stereocenters. The van der Waals surface area contributed by atoms with Crippen LogP contribution >= 0.6 is 34.5 Å². The quantitative estimate of drug-likeness (QED) is 0.325. The number of aliphatic hydroxyl groups is 1. The van der Waals surface area contributed by atoms with Gasteiger partial charge in [0.15, 0.2) is 9.84 Å². The molecule has 0 aliphatic heterocycles. The van der Waals surface area contributed by atoms with E-state index in [1.165, 1.54) is 17.6 Å². The van der Waals surface area contributed by atoms with Crippen LogP contribution in [-0.4, -0.2) is 29.6 Å². The van der Waals surface area contributed by atoms with Gasteiger partial charge < -0.3 is 5.11 Å². The van der Waals surface area contributed by atoms with Gasteiger partial charge in [0.2, 0.25) is 0 Å². The van der Waals surface area contributed by atoms with E-state index in [2.05, 4.69) is 5.10 Å². The summed E-state index contributed by atoms with van der Waals surface area (Å²) in [6, 6.07) is 16.1. The molecule has 0 saturated carbocycles. The standard InChI is InChI=1S/C24H22Cl2N2O3S2/c1-14-8-9-17(25)23(22(14)26)28-18(13-21(27-28)24(2,3)29)20-11-10-19(32-20)15-6-5-7-16(12-15)33(4,30)31/h5-13,29H,1-4H3. The summed E-state index contributed by atoms with van der Waals surface area (Å²) in [5, 5.41) is 16.2. The molecule has 33 heavy (non-hydrogen) atoms. The van der Waals surface area contributed by atoms with Crippen LogP contribution in [0, 0.1) is 6.92 Å². The van der Waals surface area contributed by atoms with Crippen LogP contribution in [-0.2, 0) is 15.4 Å². The second-order valence-electron chi connectivity index (χ2n) is 8.38. The Morgan fingerprint density at radius 1 is 1.03 bits per heavy atom. The zero-order valence-electron chi connectivity index (χ0n) is 18.4. The lowest BCUT2D eigenvalue weighted by Gasteiger charge is -2.14. The number of benzene rings is 2. The van der Waals surface area contributed by atoms with Crippen molar-refractivity contribution in [1.82, 2.24) is 9.78 Å². The van der Waals surface area contributed by atoms with Crippen molar-refractivity contribution >= 4 is 44.4 Å². The second kappa shape index (κ2) is 8.56. The summed E-state index contributed by atoms with van der Waals surface area (Å²) in [4.78, 5) is 2.03. The van der Waals surface area contributed by atoms with E-state index in [9.17, 15) is 13.5 Å². The first-order valence-corrected chi connectivity index (χ1v) is 13.5. The Labute approximate surface area is 207 Å². The van der Waals surface area contributed by atoms with Gasteiger partial charge in [-0.15, -0.1) is 11.3 Å². The molecular weight excluding hydrogens is 499 g/mol. The van der Waals surface area contributed by atoms with Gasteiger partial charge in [0.05, 0.1) is 31.2 Å². The summed E-state index contributed by atoms with van der Waals surface area (Å²) >= 11 is 14.6. The van der Waals surface area contributed by atoms with E-state index in [-0.39, 0.29) is 4.90 Å². The molecule has 0 aliphatic carbocycles. The molecule has 9 heteroatoms. The zero-order chi connectivity index (χ0) is 24.1. The summed E-state index contributed by atoms with van der Waals surface area (Å²) < 4.78 is 25.6. The predicted octanol–water partition coefficient (Wildman–Crippen LogP) is 6.51. The van der Waals surface area contributed by atoms with Gasteiger partial charge in [-0.25, -0.2) is 13.1 Å². The summed E-state index contributed by atoms with van der Waals surface area (Å²) in [7, 11) is -3.31. The number of nitrogens with zero attached hydrogens (tertiary/aromatic N) is 2. The Kier molecular flexibility index (Phi) is 6.22. The van der Waals surface area contributed by atoms with Gasteiger partial charge in [0.1, 0.15) is 11.3 Å². The first-order valence-electron chi connectivity index (χ1n) is 10.0. The molecule has 172 valence electrons. The molecule has 5 nitrogen and oxygen atoms in total. The highest BCUT2D eigenvalue weighted by Gasteiger charge is 2.26. The third kappa shape index (κ3) is 4.74. The molecular formula is C24H22Cl2N2O3S2. The molecule has 0 saturated heterocycles. The molecule has 4 aromatic rings. The normalized spacial score (nSPS) is 12.3. The zero-order valence-corrected chi connectivity index (χ0v) is 21.6. The highest BCUT2D eigenvalue weighted by atomic mass is 35.5. The van der Waals surface area contributed by atoms with Crippen molar-refractivity contribution in [3.8, 4) is 26.7 Å². The van der Waals surface area contributed by atoms with Crippen molar-refractivity contribution in [1.29, 1.82) is 0 Å². The number of thiophene rings is 1. The van der Waals surface area contributed by atoms with Crippen molar-refractivity contribution in [2.24, 2.45) is 0 Å². The summed E-state index contributed by atoms with van der Waals surface area (Å²) in [5.41, 5.74) is 2.21. The maximum absolute atomic E-state index is 12.0. The Morgan fingerprint density at radius 3 is 2.39 bits per heavy atom. The van der Waals surface area contributed by atoms with Gasteiger partial charge in [-0.1, -0.05) is 41.4 Å². The number of hydrogen-bond acceptors (Lipinski definition) is 5. The molecule has 0 fully saturated rings. The number of aryl methyl sites for hydroxylation is 1. The van der Waals surface area contributed by atoms with Gasteiger partial charge in [-0.2, -0.15) is 5.10 Å². The highest BCUT2D eigenvalue weighted by molar-refractivity contribution is 7.90. The fourth-order valence-electron chi connectivity index (χ4n) is 3.37. The number of aromatic nitrogens is 2. The number of rotatable bonds is 5. The lowest BCUT2D eigenvalue weighted by molar-refractivity contribution is 0.0734. The molecule has 0 amide bonds. The maximum atomic E-state index is 12.0. The number of halogens is 2. The van der Waals surface area contributed by atoms with Crippen LogP contribution in [0.15, 0.2) is 59.5 Å². The monoisotopic (exact) mass is 520 g/mol. The summed E-state index contributed by atoms with van der Waals surface area (Å²) in [5.74, 6) is 0. The Bertz CT molecular complexity index is 1470. The topological polar surface area (TPSA) is 72.2 Å². The van der Waals surface area contributed by atoms with Crippen molar-refractivity contribution < 1.29 is 13.5 Å². The average molecular weight is 521 g/mol. The highest BCUT2D eigenvalue weighted by Crippen LogP contribution is 2.40. The molecule has 0 atom stereocenters. The Morgan fingerprint density at radius 2 is 1.73 bits per heavy atom. The molecule has 0 aliphatic rings. The molecule has 4 rings (SSSR count). The molecule has 2 aromatic carbocycles. The molecule has 0 radical (unpaired) electrons. The van der Waals surface area contributed by atoms with Gasteiger partial charge in [-0.3, -0.25) is 0 Å². The van der Waals surface area contributed by atoms with Crippen LogP contribution in [0.2, 0.25) is 10.0 Å².